The number of aromatic nitrogens is 1. The first-order valence-electron chi connectivity index (χ1n) is 17.2. The summed E-state index contributed by atoms with van der Waals surface area (Å²) in [6.07, 6.45) is 4.24. The molecule has 1 aromatic heterocycles. The topological polar surface area (TPSA) is 113 Å². The Morgan fingerprint density at radius 1 is 1.00 bits per heavy atom. The summed E-state index contributed by atoms with van der Waals surface area (Å²) in [4.78, 5) is 29.7. The number of nitrogens with zero attached hydrogens (tertiary/aromatic N) is 2. The number of amides is 1. The third kappa shape index (κ3) is 7.19. The van der Waals surface area contributed by atoms with Crippen LogP contribution in [0, 0.1) is 0 Å². The maximum Gasteiger partial charge on any atom is 0.320 e. The second kappa shape index (κ2) is 15.0. The van der Waals surface area contributed by atoms with Crippen molar-refractivity contribution in [3.63, 3.8) is 0 Å². The average molecular weight is 716 g/mol. The highest BCUT2D eigenvalue weighted by atomic mass is 35.5. The smallest absolute Gasteiger partial charge is 0.320 e. The molecule has 50 heavy (non-hydrogen) atoms. The molecule has 4 aromatic rings. The standard InChI is InChI=1S/C39H40Cl2N4O5/c1-49-37-25(22-45-18-4-9-33(45)39(47)48)19-32(40)38(44-37)50-34-16-15-29-28(6-3-7-30(29)34)31-8-2-5-27(36(31)41)24-12-10-23(11-13-24)20-42-21-26-14-17-35(46)43-26/h2-3,5-8,10-13,19,26,33-34,42H,4,9,14-18,20-22H2,1H3,(H,43,46)(H,47,48)/t26-,33-,34-/m0/s1. The van der Waals surface area contributed by atoms with E-state index in [1.807, 2.05) is 23.1 Å². The predicted octanol–water partition coefficient (Wildman–Crippen LogP) is 7.21. The molecule has 1 aliphatic carbocycles. The van der Waals surface area contributed by atoms with Crippen LogP contribution in [0.2, 0.25) is 10.0 Å². The highest BCUT2D eigenvalue weighted by Crippen LogP contribution is 2.45. The summed E-state index contributed by atoms with van der Waals surface area (Å²) in [6.45, 7) is 2.56. The van der Waals surface area contributed by atoms with Crippen LogP contribution in [0.4, 0.5) is 0 Å². The molecular weight excluding hydrogens is 675 g/mol. The fourth-order valence-corrected chi connectivity index (χ4v) is 8.05. The zero-order chi connectivity index (χ0) is 34.8. The molecule has 260 valence electrons. The van der Waals surface area contributed by atoms with E-state index in [2.05, 4.69) is 58.1 Å². The number of aliphatic carboxylic acids is 1. The number of rotatable bonds is 12. The number of nitrogens with one attached hydrogen (secondary N) is 2. The van der Waals surface area contributed by atoms with Gasteiger partial charge in [0.2, 0.25) is 17.7 Å². The third-order valence-electron chi connectivity index (χ3n) is 10.0. The van der Waals surface area contributed by atoms with Crippen molar-refractivity contribution in [2.45, 2.75) is 69.8 Å². The molecule has 3 atom stereocenters. The first-order chi connectivity index (χ1) is 24.3. The Hall–Kier alpha value is -4.15. The normalized spacial score (nSPS) is 20.1. The van der Waals surface area contributed by atoms with Crippen molar-refractivity contribution >= 4 is 35.1 Å². The van der Waals surface area contributed by atoms with Gasteiger partial charge in [-0.3, -0.25) is 14.5 Å². The first-order valence-corrected chi connectivity index (χ1v) is 17.9. The molecule has 0 saturated carbocycles. The lowest BCUT2D eigenvalue weighted by atomic mass is 9.93. The van der Waals surface area contributed by atoms with E-state index in [4.69, 9.17) is 32.7 Å². The Kier molecular flexibility index (Phi) is 10.3. The number of hydrogen-bond acceptors (Lipinski definition) is 7. The monoisotopic (exact) mass is 714 g/mol. The number of carbonyl (C=O) groups excluding carboxylic acids is 1. The van der Waals surface area contributed by atoms with Crippen LogP contribution in [0.3, 0.4) is 0 Å². The fraction of sp³-hybridized carbons (Fsp3) is 0.359. The summed E-state index contributed by atoms with van der Waals surface area (Å²) in [5, 5.41) is 17.1. The van der Waals surface area contributed by atoms with Gasteiger partial charge in [0.25, 0.3) is 0 Å². The summed E-state index contributed by atoms with van der Waals surface area (Å²) in [6, 6.07) is 22.3. The molecule has 0 bridgehead atoms. The van der Waals surface area contributed by atoms with Gasteiger partial charge in [-0.1, -0.05) is 83.9 Å². The van der Waals surface area contributed by atoms with Gasteiger partial charge in [-0.2, -0.15) is 4.98 Å². The van der Waals surface area contributed by atoms with Crippen molar-refractivity contribution in [1.29, 1.82) is 0 Å². The van der Waals surface area contributed by atoms with E-state index in [1.54, 1.807) is 13.2 Å². The largest absolute Gasteiger partial charge is 0.481 e. The van der Waals surface area contributed by atoms with Crippen LogP contribution in [-0.2, 0) is 29.1 Å². The van der Waals surface area contributed by atoms with Crippen LogP contribution in [0.15, 0.2) is 66.7 Å². The Bertz CT molecular complexity index is 1900. The number of fused-ring (bicyclic) bond motifs is 1. The number of benzene rings is 3. The number of pyridine rings is 1. The zero-order valence-corrected chi connectivity index (χ0v) is 29.4. The van der Waals surface area contributed by atoms with Crippen LogP contribution in [-0.4, -0.2) is 59.1 Å². The van der Waals surface area contributed by atoms with Gasteiger partial charge in [0.05, 0.1) is 12.1 Å². The number of hydrogen-bond donors (Lipinski definition) is 3. The summed E-state index contributed by atoms with van der Waals surface area (Å²) >= 11 is 13.9. The van der Waals surface area contributed by atoms with E-state index in [0.717, 1.165) is 77.7 Å². The highest BCUT2D eigenvalue weighted by Gasteiger charge is 2.32. The van der Waals surface area contributed by atoms with Gasteiger partial charge in [-0.15, -0.1) is 0 Å². The molecule has 0 spiro atoms. The zero-order valence-electron chi connectivity index (χ0n) is 27.9. The van der Waals surface area contributed by atoms with E-state index in [0.29, 0.717) is 41.9 Å². The minimum atomic E-state index is -0.820. The molecule has 2 fully saturated rings. The minimum absolute atomic E-state index is 0.131. The number of carboxylic acid groups (broad SMARTS) is 1. The van der Waals surface area contributed by atoms with E-state index >= 15 is 0 Å². The molecule has 3 aromatic carbocycles. The molecule has 3 aliphatic rings. The minimum Gasteiger partial charge on any atom is -0.481 e. The van der Waals surface area contributed by atoms with Crippen molar-refractivity contribution in [3.05, 3.63) is 99.0 Å². The van der Waals surface area contributed by atoms with E-state index in [1.165, 1.54) is 5.56 Å². The Balaban J connectivity index is 1.07. The summed E-state index contributed by atoms with van der Waals surface area (Å²) in [5.74, 6) is -0.0265. The predicted molar refractivity (Wildman–Crippen MR) is 194 cm³/mol. The Labute approximate surface area is 301 Å². The molecular formula is C39H40Cl2N4O5. The first kappa shape index (κ1) is 34.3. The number of methoxy groups -OCH3 is 1. The van der Waals surface area contributed by atoms with Gasteiger partial charge in [0.15, 0.2) is 0 Å². The molecule has 0 radical (unpaired) electrons. The van der Waals surface area contributed by atoms with Crippen molar-refractivity contribution < 1.29 is 24.2 Å². The quantitative estimate of drug-likeness (QED) is 0.141. The molecule has 0 unspecified atom stereocenters. The molecule has 1 amide bonds. The maximum atomic E-state index is 11.7. The number of ether oxygens (including phenoxy) is 2. The maximum absolute atomic E-state index is 11.7. The van der Waals surface area contributed by atoms with Gasteiger partial charge in [-0.25, -0.2) is 0 Å². The molecule has 11 heteroatoms. The second-order valence-electron chi connectivity index (χ2n) is 13.2. The molecule has 3 heterocycles. The number of carboxylic acids is 1. The Morgan fingerprint density at radius 3 is 2.54 bits per heavy atom. The SMILES string of the molecule is COc1nc(O[C@H]2CCc3c(-c4cccc(-c5ccc(CNC[C@@H]6CCC(=O)N6)cc5)c4Cl)cccc32)c(Cl)cc1CN1CCC[C@H]1C(=O)O. The van der Waals surface area contributed by atoms with Gasteiger partial charge in [0.1, 0.15) is 17.2 Å². The lowest BCUT2D eigenvalue weighted by molar-refractivity contribution is -0.142. The van der Waals surface area contributed by atoms with Crippen LogP contribution in [0.5, 0.6) is 11.8 Å². The van der Waals surface area contributed by atoms with Crippen molar-refractivity contribution in [2.24, 2.45) is 0 Å². The van der Waals surface area contributed by atoms with Gasteiger partial charge < -0.3 is 25.2 Å². The molecule has 2 aliphatic heterocycles. The van der Waals surface area contributed by atoms with Crippen LogP contribution < -0.4 is 20.1 Å². The third-order valence-corrected chi connectivity index (χ3v) is 10.7. The van der Waals surface area contributed by atoms with Crippen molar-refractivity contribution in [3.8, 4) is 34.0 Å². The fourth-order valence-electron chi connectivity index (χ4n) is 7.49. The van der Waals surface area contributed by atoms with Crippen LogP contribution >= 0.6 is 23.2 Å². The molecule has 9 nitrogen and oxygen atoms in total. The van der Waals surface area contributed by atoms with Gasteiger partial charge >= 0.3 is 5.97 Å². The van der Waals surface area contributed by atoms with Crippen LogP contribution in [0.1, 0.15) is 60.5 Å². The number of carbonyl (C=O) groups is 2. The summed E-state index contributed by atoms with van der Waals surface area (Å²) < 4.78 is 12.1. The number of likely N-dealkylation sites (tertiary alicyclic amines) is 1. The lowest BCUT2D eigenvalue weighted by Gasteiger charge is -2.23. The molecule has 7 rings (SSSR count). The highest BCUT2D eigenvalue weighted by molar-refractivity contribution is 6.36. The summed E-state index contributed by atoms with van der Waals surface area (Å²) in [5.41, 5.74) is 8.19. The second-order valence-corrected chi connectivity index (χ2v) is 14.0. The van der Waals surface area contributed by atoms with E-state index in [9.17, 15) is 14.7 Å². The lowest BCUT2D eigenvalue weighted by Crippen LogP contribution is -2.35. The molecule has 3 N–H and O–H groups in total. The van der Waals surface area contributed by atoms with Crippen molar-refractivity contribution in [2.75, 3.05) is 20.2 Å². The van der Waals surface area contributed by atoms with Gasteiger partial charge in [0, 0.05) is 48.8 Å². The van der Waals surface area contributed by atoms with Crippen molar-refractivity contribution in [1.82, 2.24) is 20.5 Å². The number of halogens is 2. The van der Waals surface area contributed by atoms with Crippen LogP contribution in [0.25, 0.3) is 22.3 Å². The Morgan fingerprint density at radius 2 is 1.78 bits per heavy atom. The van der Waals surface area contributed by atoms with Gasteiger partial charge in [-0.05, 0) is 72.5 Å². The van der Waals surface area contributed by atoms with E-state index < -0.39 is 12.0 Å². The average Bonchev–Trinajstić information content (AvgIpc) is 3.87. The summed E-state index contributed by atoms with van der Waals surface area (Å²) in [7, 11) is 1.55. The molecule has 2 saturated heterocycles. The van der Waals surface area contributed by atoms with E-state index in [-0.39, 0.29) is 23.9 Å².